The van der Waals surface area contributed by atoms with E-state index in [1.165, 1.54) is 6.07 Å². The van der Waals surface area contributed by atoms with Crippen LogP contribution in [-0.2, 0) is 4.74 Å². The van der Waals surface area contributed by atoms with Crippen LogP contribution in [0.4, 0.5) is 10.1 Å². The monoisotopic (exact) mass is 281 g/mol. The number of nitro groups is 1. The van der Waals surface area contributed by atoms with Crippen molar-refractivity contribution in [2.45, 2.75) is 31.9 Å². The first-order chi connectivity index (χ1) is 9.31. The number of nitro benzene ring substituents is 1. The summed E-state index contributed by atoms with van der Waals surface area (Å²) < 4.78 is 19.5. The van der Waals surface area contributed by atoms with E-state index >= 15 is 0 Å². The maximum atomic E-state index is 13.9. The topological polar surface area (TPSA) is 90.8 Å². The van der Waals surface area contributed by atoms with Crippen molar-refractivity contribution < 1.29 is 14.1 Å². The Morgan fingerprint density at radius 2 is 2.25 bits per heavy atom. The van der Waals surface area contributed by atoms with Crippen molar-refractivity contribution in [2.24, 2.45) is 10.7 Å². The lowest BCUT2D eigenvalue weighted by Crippen LogP contribution is -2.40. The molecule has 2 N–H and O–H groups in total. The molecule has 1 heterocycles. The van der Waals surface area contributed by atoms with Gasteiger partial charge < -0.3 is 10.5 Å². The second-order valence-corrected chi connectivity index (χ2v) is 5.14. The lowest BCUT2D eigenvalue weighted by Gasteiger charge is -2.22. The van der Waals surface area contributed by atoms with E-state index in [0.29, 0.717) is 13.0 Å². The summed E-state index contributed by atoms with van der Waals surface area (Å²) in [5.41, 5.74) is 5.14. The van der Waals surface area contributed by atoms with Gasteiger partial charge in [-0.2, -0.15) is 0 Å². The number of halogens is 1. The molecule has 1 aliphatic rings. The van der Waals surface area contributed by atoms with Crippen LogP contribution in [0.5, 0.6) is 0 Å². The number of nitrogens with two attached hydrogens (primary N) is 1. The highest BCUT2D eigenvalue weighted by atomic mass is 19.1. The van der Waals surface area contributed by atoms with Crippen LogP contribution in [0, 0.1) is 15.9 Å². The number of non-ortho nitro benzene ring substituents is 1. The number of benzene rings is 1. The first kappa shape index (κ1) is 14.4. The maximum absolute atomic E-state index is 13.9. The van der Waals surface area contributed by atoms with Gasteiger partial charge in [0.05, 0.1) is 17.6 Å². The van der Waals surface area contributed by atoms with Crippen molar-refractivity contribution in [3.63, 3.8) is 0 Å². The number of hydrogen-bond donors (Lipinski definition) is 1. The van der Waals surface area contributed by atoms with Crippen LogP contribution in [0.15, 0.2) is 23.2 Å². The van der Waals surface area contributed by atoms with Gasteiger partial charge in [0.15, 0.2) is 0 Å². The third-order valence-electron chi connectivity index (χ3n) is 3.32. The van der Waals surface area contributed by atoms with Crippen LogP contribution >= 0.6 is 0 Å². The largest absolute Gasteiger partial charge is 0.385 e. The maximum Gasteiger partial charge on any atom is 0.269 e. The molecule has 0 bridgehead atoms. The highest BCUT2D eigenvalue weighted by Gasteiger charge is 2.30. The molecule has 0 amide bonds. The van der Waals surface area contributed by atoms with Gasteiger partial charge in [0.25, 0.3) is 5.69 Å². The second kappa shape index (κ2) is 5.16. The summed E-state index contributed by atoms with van der Waals surface area (Å²) in [7, 11) is 0. The van der Waals surface area contributed by atoms with Gasteiger partial charge in [0.2, 0.25) is 0 Å². The molecule has 0 saturated heterocycles. The fourth-order valence-corrected chi connectivity index (χ4v) is 2.01. The van der Waals surface area contributed by atoms with Gasteiger partial charge in [-0.1, -0.05) is 0 Å². The standard InChI is InChI=1S/C13H16FN3O3/c1-13(2)12(15)16-11(5-6-20-13)9-7-8(17(18)19)3-4-10(9)14/h3-4,7,11H,5-6H2,1-2H3,(H2,15,16). The molecule has 0 aliphatic carbocycles. The molecule has 1 aliphatic heterocycles. The summed E-state index contributed by atoms with van der Waals surface area (Å²) in [6.07, 6.45) is 0.419. The van der Waals surface area contributed by atoms with Gasteiger partial charge in [-0.15, -0.1) is 0 Å². The van der Waals surface area contributed by atoms with E-state index in [2.05, 4.69) is 4.99 Å². The Bertz CT molecular complexity index is 572. The number of aliphatic imine (C=N–C) groups is 1. The number of amidine groups is 1. The average molecular weight is 281 g/mol. The molecular weight excluding hydrogens is 265 g/mol. The van der Waals surface area contributed by atoms with Gasteiger partial charge in [-0.25, -0.2) is 4.39 Å². The minimum absolute atomic E-state index is 0.167. The Kier molecular flexibility index (Phi) is 3.71. The minimum atomic E-state index is -0.716. The van der Waals surface area contributed by atoms with E-state index in [9.17, 15) is 14.5 Å². The fraction of sp³-hybridized carbons (Fsp3) is 0.462. The molecule has 0 fully saturated rings. The third-order valence-corrected chi connectivity index (χ3v) is 3.32. The number of rotatable bonds is 2. The van der Waals surface area contributed by atoms with Gasteiger partial charge in [-0.05, 0) is 26.3 Å². The van der Waals surface area contributed by atoms with Gasteiger partial charge in [0, 0.05) is 17.7 Å². The first-order valence-electron chi connectivity index (χ1n) is 6.23. The van der Waals surface area contributed by atoms with Crippen LogP contribution < -0.4 is 5.73 Å². The van der Waals surface area contributed by atoms with Gasteiger partial charge in [0.1, 0.15) is 17.3 Å². The number of hydrogen-bond acceptors (Lipinski definition) is 5. The van der Waals surface area contributed by atoms with E-state index in [1.54, 1.807) is 13.8 Å². The first-order valence-corrected chi connectivity index (χ1v) is 6.23. The fourth-order valence-electron chi connectivity index (χ4n) is 2.01. The van der Waals surface area contributed by atoms with Gasteiger partial charge in [-0.3, -0.25) is 15.1 Å². The zero-order valence-corrected chi connectivity index (χ0v) is 11.3. The zero-order valence-electron chi connectivity index (χ0n) is 11.3. The van der Waals surface area contributed by atoms with Crippen molar-refractivity contribution in [1.29, 1.82) is 0 Å². The Labute approximate surface area is 115 Å². The lowest BCUT2D eigenvalue weighted by molar-refractivity contribution is -0.385. The average Bonchev–Trinajstić information content (AvgIpc) is 2.49. The molecule has 0 radical (unpaired) electrons. The second-order valence-electron chi connectivity index (χ2n) is 5.14. The van der Waals surface area contributed by atoms with E-state index in [0.717, 1.165) is 12.1 Å². The van der Waals surface area contributed by atoms with E-state index in [-0.39, 0.29) is 17.1 Å². The molecule has 0 aromatic heterocycles. The summed E-state index contributed by atoms with van der Waals surface area (Å²) in [4.78, 5) is 14.5. The van der Waals surface area contributed by atoms with Crippen molar-refractivity contribution in [1.82, 2.24) is 0 Å². The number of nitrogens with zero attached hydrogens (tertiary/aromatic N) is 2. The normalized spacial score (nSPS) is 21.9. The van der Waals surface area contributed by atoms with E-state index in [4.69, 9.17) is 10.5 Å². The minimum Gasteiger partial charge on any atom is -0.385 e. The Balaban J connectivity index is 2.43. The summed E-state index contributed by atoms with van der Waals surface area (Å²) in [6.45, 7) is 3.90. The molecule has 1 aromatic rings. The van der Waals surface area contributed by atoms with Crippen molar-refractivity contribution in [2.75, 3.05) is 6.61 Å². The SMILES string of the molecule is CC1(C)OCCC(c2cc([N+](=O)[O-])ccc2F)N=C1N. The van der Waals surface area contributed by atoms with E-state index in [1.807, 2.05) is 0 Å². The molecule has 2 rings (SSSR count). The van der Waals surface area contributed by atoms with Crippen LogP contribution in [0.3, 0.4) is 0 Å². The van der Waals surface area contributed by atoms with Crippen LogP contribution in [0.1, 0.15) is 31.9 Å². The summed E-state index contributed by atoms with van der Waals surface area (Å²) >= 11 is 0. The predicted octanol–water partition coefficient (Wildman–Crippen LogP) is 2.33. The van der Waals surface area contributed by atoms with Crippen LogP contribution in [-0.4, -0.2) is 23.0 Å². The summed E-state index contributed by atoms with van der Waals surface area (Å²) in [5.74, 6) is -0.275. The molecule has 6 nitrogen and oxygen atoms in total. The van der Waals surface area contributed by atoms with Gasteiger partial charge >= 0.3 is 0 Å². The molecule has 20 heavy (non-hydrogen) atoms. The van der Waals surface area contributed by atoms with E-state index < -0.39 is 22.4 Å². The molecule has 7 heteroatoms. The molecule has 108 valence electrons. The molecule has 0 saturated carbocycles. The summed E-state index contributed by atoms with van der Waals surface area (Å²) in [5, 5.41) is 10.8. The molecule has 1 unspecified atom stereocenters. The van der Waals surface area contributed by atoms with Crippen LogP contribution in [0.25, 0.3) is 0 Å². The third kappa shape index (κ3) is 2.77. The molecule has 1 atom stereocenters. The lowest BCUT2D eigenvalue weighted by atomic mass is 10.0. The quantitative estimate of drug-likeness (QED) is 0.665. The smallest absolute Gasteiger partial charge is 0.269 e. The summed E-state index contributed by atoms with van der Waals surface area (Å²) in [6, 6.07) is 2.84. The molecular formula is C13H16FN3O3. The van der Waals surface area contributed by atoms with Crippen molar-refractivity contribution in [3.8, 4) is 0 Å². The van der Waals surface area contributed by atoms with Crippen LogP contribution in [0.2, 0.25) is 0 Å². The highest BCUT2D eigenvalue weighted by Crippen LogP contribution is 2.31. The van der Waals surface area contributed by atoms with Crippen molar-refractivity contribution in [3.05, 3.63) is 39.7 Å². The Hall–Kier alpha value is -2.02. The Morgan fingerprint density at radius 3 is 2.90 bits per heavy atom. The molecule has 0 spiro atoms. The number of ether oxygens (including phenoxy) is 1. The van der Waals surface area contributed by atoms with Crippen molar-refractivity contribution >= 4 is 11.5 Å². The zero-order chi connectivity index (χ0) is 14.9. The predicted molar refractivity (Wildman–Crippen MR) is 72.1 cm³/mol. The molecule has 1 aromatic carbocycles. The highest BCUT2D eigenvalue weighted by molar-refractivity contribution is 5.88. The Morgan fingerprint density at radius 1 is 1.55 bits per heavy atom.